The molecule has 0 saturated carbocycles. The average molecular weight is 426 g/mol. The summed E-state index contributed by atoms with van der Waals surface area (Å²) in [5.74, 6) is -0.254. The first-order valence-corrected chi connectivity index (χ1v) is 10.4. The number of halogens is 1. The summed E-state index contributed by atoms with van der Waals surface area (Å²) in [5, 5.41) is 4.48. The molecule has 30 heavy (non-hydrogen) atoms. The number of nitrogens with one attached hydrogen (secondary N) is 1. The smallest absolute Gasteiger partial charge is 0.252 e. The van der Waals surface area contributed by atoms with E-state index >= 15 is 0 Å². The van der Waals surface area contributed by atoms with E-state index in [2.05, 4.69) is 10.2 Å². The minimum Gasteiger partial charge on any atom is -0.379 e. The van der Waals surface area contributed by atoms with Crippen LogP contribution in [0.25, 0.3) is 10.9 Å². The number of pyridine rings is 1. The van der Waals surface area contributed by atoms with Crippen molar-refractivity contribution in [2.45, 2.75) is 6.04 Å². The van der Waals surface area contributed by atoms with E-state index in [0.717, 1.165) is 29.6 Å². The van der Waals surface area contributed by atoms with Gasteiger partial charge in [-0.3, -0.25) is 14.5 Å². The Labute approximate surface area is 180 Å². The molecule has 1 atom stereocenters. The highest BCUT2D eigenvalue weighted by molar-refractivity contribution is 6.30. The van der Waals surface area contributed by atoms with Crippen molar-refractivity contribution >= 4 is 28.4 Å². The number of fused-ring (bicyclic) bond motifs is 1. The van der Waals surface area contributed by atoms with Crippen LogP contribution in [0.4, 0.5) is 0 Å². The third-order valence-electron chi connectivity index (χ3n) is 5.60. The highest BCUT2D eigenvalue weighted by atomic mass is 35.5. The Morgan fingerprint density at radius 1 is 1.13 bits per heavy atom. The predicted octanol–water partition coefficient (Wildman–Crippen LogP) is 3.00. The number of morpholine rings is 1. The van der Waals surface area contributed by atoms with Gasteiger partial charge in [-0.2, -0.15) is 0 Å². The number of hydrogen-bond donors (Lipinski definition) is 1. The molecule has 1 amide bonds. The Morgan fingerprint density at radius 2 is 1.83 bits per heavy atom. The zero-order chi connectivity index (χ0) is 21.1. The maximum absolute atomic E-state index is 13.1. The molecule has 7 heteroatoms. The summed E-state index contributed by atoms with van der Waals surface area (Å²) in [5.41, 5.74) is 2.00. The predicted molar refractivity (Wildman–Crippen MR) is 118 cm³/mol. The molecule has 6 nitrogen and oxygen atoms in total. The van der Waals surface area contributed by atoms with E-state index < -0.39 is 0 Å². The molecule has 1 fully saturated rings. The normalized spacial score (nSPS) is 15.8. The average Bonchev–Trinajstić information content (AvgIpc) is 2.78. The Balaban J connectivity index is 1.60. The number of aryl methyl sites for hydroxylation is 1. The first-order chi connectivity index (χ1) is 14.5. The second-order valence-electron chi connectivity index (χ2n) is 7.40. The largest absolute Gasteiger partial charge is 0.379 e. The molecule has 2 aromatic carbocycles. The van der Waals surface area contributed by atoms with Crippen LogP contribution >= 0.6 is 11.6 Å². The number of carbonyl (C=O) groups excluding carboxylic acids is 1. The van der Waals surface area contributed by atoms with Crippen LogP contribution in [0.1, 0.15) is 22.0 Å². The minimum absolute atomic E-state index is 0.00655. The van der Waals surface area contributed by atoms with Gasteiger partial charge in [0.1, 0.15) is 0 Å². The van der Waals surface area contributed by atoms with Crippen LogP contribution in [0.15, 0.2) is 59.4 Å². The topological polar surface area (TPSA) is 63.6 Å². The van der Waals surface area contributed by atoms with Gasteiger partial charge in [0.2, 0.25) is 0 Å². The van der Waals surface area contributed by atoms with Crippen molar-refractivity contribution in [3.63, 3.8) is 0 Å². The van der Waals surface area contributed by atoms with Crippen LogP contribution in [0.5, 0.6) is 0 Å². The highest BCUT2D eigenvalue weighted by Gasteiger charge is 2.24. The summed E-state index contributed by atoms with van der Waals surface area (Å²) in [6.45, 7) is 3.33. The molecule has 1 saturated heterocycles. The lowest BCUT2D eigenvalue weighted by Crippen LogP contribution is -2.44. The van der Waals surface area contributed by atoms with Crippen LogP contribution in [0.3, 0.4) is 0 Å². The van der Waals surface area contributed by atoms with Gasteiger partial charge in [0.15, 0.2) is 0 Å². The molecule has 1 N–H and O–H groups in total. The zero-order valence-electron chi connectivity index (χ0n) is 16.8. The number of ether oxygens (including phenoxy) is 1. The number of rotatable bonds is 5. The van der Waals surface area contributed by atoms with Gasteiger partial charge in [-0.05, 0) is 23.8 Å². The van der Waals surface area contributed by atoms with E-state index in [1.54, 1.807) is 11.6 Å². The molecule has 1 aliphatic rings. The van der Waals surface area contributed by atoms with Crippen molar-refractivity contribution in [3.05, 3.63) is 81.1 Å². The Hall–Kier alpha value is -2.67. The van der Waals surface area contributed by atoms with Gasteiger partial charge in [0.05, 0.1) is 30.3 Å². The van der Waals surface area contributed by atoms with E-state index in [9.17, 15) is 9.59 Å². The quantitative estimate of drug-likeness (QED) is 0.682. The maximum atomic E-state index is 13.1. The molecule has 0 radical (unpaired) electrons. The van der Waals surface area contributed by atoms with E-state index in [1.165, 1.54) is 6.07 Å². The maximum Gasteiger partial charge on any atom is 0.252 e. The van der Waals surface area contributed by atoms with E-state index in [4.69, 9.17) is 16.3 Å². The summed E-state index contributed by atoms with van der Waals surface area (Å²) in [6, 6.07) is 16.5. The van der Waals surface area contributed by atoms with Gasteiger partial charge >= 0.3 is 0 Å². The number of carbonyl (C=O) groups is 1. The SMILES string of the molecule is Cn1c(=O)cc(C(=O)NCC(c2ccc(Cl)cc2)N2CCOCC2)c2ccccc21. The second-order valence-corrected chi connectivity index (χ2v) is 7.83. The van der Waals surface area contributed by atoms with Crippen LogP contribution in [0.2, 0.25) is 5.02 Å². The Kier molecular flexibility index (Phi) is 6.18. The first-order valence-electron chi connectivity index (χ1n) is 9.99. The van der Waals surface area contributed by atoms with Crippen molar-refractivity contribution in [2.24, 2.45) is 7.05 Å². The number of para-hydroxylation sites is 1. The van der Waals surface area contributed by atoms with Crippen molar-refractivity contribution in [2.75, 3.05) is 32.8 Å². The summed E-state index contributed by atoms with van der Waals surface area (Å²) in [4.78, 5) is 27.7. The monoisotopic (exact) mass is 425 g/mol. The molecule has 3 aromatic rings. The number of benzene rings is 2. The highest BCUT2D eigenvalue weighted by Crippen LogP contribution is 2.23. The van der Waals surface area contributed by atoms with Gasteiger partial charge in [-0.15, -0.1) is 0 Å². The van der Waals surface area contributed by atoms with Gasteiger partial charge in [-0.1, -0.05) is 41.9 Å². The van der Waals surface area contributed by atoms with Crippen LogP contribution in [-0.4, -0.2) is 48.2 Å². The molecular formula is C23H24ClN3O3. The first kappa shape index (κ1) is 20.6. The lowest BCUT2D eigenvalue weighted by Gasteiger charge is -2.35. The van der Waals surface area contributed by atoms with Crippen molar-refractivity contribution < 1.29 is 9.53 Å². The Morgan fingerprint density at radius 3 is 2.57 bits per heavy atom. The van der Waals surface area contributed by atoms with Gasteiger partial charge in [0, 0.05) is 43.2 Å². The van der Waals surface area contributed by atoms with Crippen molar-refractivity contribution in [1.29, 1.82) is 0 Å². The standard InChI is InChI=1S/C23H24ClN3O3/c1-26-20-5-3-2-4-18(20)19(14-22(26)28)23(29)25-15-21(27-10-12-30-13-11-27)16-6-8-17(24)9-7-16/h2-9,14,21H,10-13,15H2,1H3,(H,25,29). The summed E-state index contributed by atoms with van der Waals surface area (Å²) < 4.78 is 7.04. The molecular weight excluding hydrogens is 402 g/mol. The summed E-state index contributed by atoms with van der Waals surface area (Å²) in [7, 11) is 1.71. The van der Waals surface area contributed by atoms with E-state index in [1.807, 2.05) is 48.5 Å². The van der Waals surface area contributed by atoms with E-state index in [-0.39, 0.29) is 17.5 Å². The lowest BCUT2D eigenvalue weighted by atomic mass is 10.0. The fourth-order valence-corrected chi connectivity index (χ4v) is 4.04. The second kappa shape index (κ2) is 9.00. The van der Waals surface area contributed by atoms with E-state index in [0.29, 0.717) is 30.3 Å². The molecule has 156 valence electrons. The number of nitrogens with zero attached hydrogens (tertiary/aromatic N) is 2. The summed E-state index contributed by atoms with van der Waals surface area (Å²) >= 11 is 6.06. The zero-order valence-corrected chi connectivity index (χ0v) is 17.6. The fraction of sp³-hybridized carbons (Fsp3) is 0.304. The van der Waals surface area contributed by atoms with Crippen LogP contribution in [0, 0.1) is 0 Å². The molecule has 1 aliphatic heterocycles. The molecule has 2 heterocycles. The van der Waals surface area contributed by atoms with Crippen LogP contribution in [-0.2, 0) is 11.8 Å². The minimum atomic E-state index is -0.254. The Bertz CT molecular complexity index is 1100. The van der Waals surface area contributed by atoms with Crippen LogP contribution < -0.4 is 10.9 Å². The number of aromatic nitrogens is 1. The van der Waals surface area contributed by atoms with Gasteiger partial charge < -0.3 is 14.6 Å². The molecule has 0 bridgehead atoms. The molecule has 4 rings (SSSR count). The lowest BCUT2D eigenvalue weighted by molar-refractivity contribution is 0.0162. The van der Waals surface area contributed by atoms with Gasteiger partial charge in [0.25, 0.3) is 11.5 Å². The molecule has 0 aliphatic carbocycles. The van der Waals surface area contributed by atoms with Crippen molar-refractivity contribution in [3.8, 4) is 0 Å². The third kappa shape index (κ3) is 4.26. The van der Waals surface area contributed by atoms with Gasteiger partial charge in [-0.25, -0.2) is 0 Å². The fourth-order valence-electron chi connectivity index (χ4n) is 3.91. The molecule has 1 unspecified atom stereocenters. The van der Waals surface area contributed by atoms with Crippen molar-refractivity contribution in [1.82, 2.24) is 14.8 Å². The number of hydrogen-bond acceptors (Lipinski definition) is 4. The summed E-state index contributed by atoms with van der Waals surface area (Å²) in [6.07, 6.45) is 0. The molecule has 0 spiro atoms. The third-order valence-corrected chi connectivity index (χ3v) is 5.85. The molecule has 1 aromatic heterocycles. The number of amides is 1.